The van der Waals surface area contributed by atoms with Crippen LogP contribution in [0.3, 0.4) is 0 Å². The highest BCUT2D eigenvalue weighted by molar-refractivity contribution is 5.99. The third kappa shape index (κ3) is 3.88. The number of hydrogen-bond donors (Lipinski definition) is 1. The molecule has 0 saturated carbocycles. The molecule has 2 N–H and O–H groups in total. The summed E-state index contributed by atoms with van der Waals surface area (Å²) in [6.45, 7) is 5.50. The molecule has 0 aliphatic carbocycles. The highest BCUT2D eigenvalue weighted by atomic mass is 19.1. The van der Waals surface area contributed by atoms with Crippen molar-refractivity contribution in [3.63, 3.8) is 0 Å². The van der Waals surface area contributed by atoms with Crippen LogP contribution in [0.5, 0.6) is 0 Å². The molecule has 8 heteroatoms. The van der Waals surface area contributed by atoms with Crippen LogP contribution < -0.4 is 5.73 Å². The fraction of sp³-hybridized carbons (Fsp3) is 0.320. The van der Waals surface area contributed by atoms with Crippen LogP contribution in [-0.4, -0.2) is 22.5 Å². The summed E-state index contributed by atoms with van der Waals surface area (Å²) in [6.07, 6.45) is 4.50. The van der Waals surface area contributed by atoms with Crippen LogP contribution in [-0.2, 0) is 10.3 Å². The average Bonchev–Trinajstić information content (AvgIpc) is 2.76. The van der Waals surface area contributed by atoms with Crippen LogP contribution in [0.25, 0.3) is 22.4 Å². The first-order valence-corrected chi connectivity index (χ1v) is 10.7. The van der Waals surface area contributed by atoms with Crippen LogP contribution in [0.15, 0.2) is 36.7 Å². The number of aryl methyl sites for hydroxylation is 1. The Bertz CT molecular complexity index is 1210. The topological polar surface area (TPSA) is 78.1 Å². The van der Waals surface area contributed by atoms with Gasteiger partial charge in [0, 0.05) is 35.7 Å². The molecule has 1 fully saturated rings. The molecule has 1 amide bonds. The van der Waals surface area contributed by atoms with E-state index in [2.05, 4.69) is 9.97 Å². The van der Waals surface area contributed by atoms with Crippen molar-refractivity contribution in [1.29, 1.82) is 0 Å². The summed E-state index contributed by atoms with van der Waals surface area (Å²) in [4.78, 5) is 20.7. The number of amides is 1. The van der Waals surface area contributed by atoms with Crippen molar-refractivity contribution in [2.75, 3.05) is 6.61 Å². The summed E-state index contributed by atoms with van der Waals surface area (Å²) in [5.41, 5.74) is 3.68. The molecule has 172 valence electrons. The normalized spacial score (nSPS) is 20.6. The average molecular weight is 455 g/mol. The maximum absolute atomic E-state index is 16.4. The molecule has 1 saturated heterocycles. The van der Waals surface area contributed by atoms with Gasteiger partial charge >= 0.3 is 0 Å². The monoisotopic (exact) mass is 455 g/mol. The minimum atomic E-state index is -1.20. The Morgan fingerprint density at radius 1 is 1.21 bits per heavy atom. The smallest absolute Gasteiger partial charge is 0.267 e. The summed E-state index contributed by atoms with van der Waals surface area (Å²) in [7, 11) is 0. The number of carbonyl (C=O) groups excluding carboxylic acids is 1. The predicted octanol–water partition coefficient (Wildman–Crippen LogP) is 5.30. The number of aromatic nitrogens is 2. The molecule has 2 aromatic heterocycles. The van der Waals surface area contributed by atoms with Crippen molar-refractivity contribution >= 4 is 5.91 Å². The molecule has 1 aliphatic heterocycles. The summed E-state index contributed by atoms with van der Waals surface area (Å²) in [5.74, 6) is -4.07. The van der Waals surface area contributed by atoms with Crippen molar-refractivity contribution in [2.24, 2.45) is 11.7 Å². The lowest BCUT2D eigenvalue weighted by atomic mass is 9.75. The zero-order valence-corrected chi connectivity index (χ0v) is 18.6. The fourth-order valence-corrected chi connectivity index (χ4v) is 4.50. The number of ether oxygens (including phenoxy) is 1. The lowest BCUT2D eigenvalue weighted by Gasteiger charge is -2.41. The van der Waals surface area contributed by atoms with Crippen molar-refractivity contribution in [3.05, 3.63) is 70.9 Å². The minimum Gasteiger partial charge on any atom is -0.370 e. The Balaban J connectivity index is 2.16. The molecule has 33 heavy (non-hydrogen) atoms. The van der Waals surface area contributed by atoms with Gasteiger partial charge in [-0.2, -0.15) is 0 Å². The van der Waals surface area contributed by atoms with Crippen LogP contribution in [0.1, 0.15) is 48.3 Å². The standard InChI is InChI=1S/C25H24F3N3O2/c1-13-10-16(26)19(17(27)11-13)22-21(28)20(25(3)14(2)6-5-9-33-25)18(23(31-22)24(29)32)15-7-4-8-30-12-15/h4,7-8,10-12,14H,5-6,9H2,1-3H3,(H2,29,32). The van der Waals surface area contributed by atoms with Crippen LogP contribution >= 0.6 is 0 Å². The van der Waals surface area contributed by atoms with Gasteiger partial charge in [0.15, 0.2) is 5.82 Å². The molecule has 4 rings (SSSR count). The van der Waals surface area contributed by atoms with E-state index < -0.39 is 40.2 Å². The lowest BCUT2D eigenvalue weighted by Crippen LogP contribution is -2.40. The number of benzene rings is 1. The van der Waals surface area contributed by atoms with E-state index in [9.17, 15) is 13.6 Å². The highest BCUT2D eigenvalue weighted by Crippen LogP contribution is 2.47. The van der Waals surface area contributed by atoms with Crippen molar-refractivity contribution in [2.45, 2.75) is 39.2 Å². The molecule has 2 unspecified atom stereocenters. The van der Waals surface area contributed by atoms with Crippen molar-refractivity contribution in [1.82, 2.24) is 9.97 Å². The fourth-order valence-electron chi connectivity index (χ4n) is 4.50. The van der Waals surface area contributed by atoms with Crippen molar-refractivity contribution < 1.29 is 22.7 Å². The number of nitrogens with zero attached hydrogens (tertiary/aromatic N) is 2. The summed E-state index contributed by atoms with van der Waals surface area (Å²) in [6, 6.07) is 5.44. The molecule has 2 atom stereocenters. The second kappa shape index (κ2) is 8.59. The van der Waals surface area contributed by atoms with E-state index in [0.717, 1.165) is 25.0 Å². The second-order valence-corrected chi connectivity index (χ2v) is 8.58. The first kappa shape index (κ1) is 22.9. The summed E-state index contributed by atoms with van der Waals surface area (Å²) < 4.78 is 52.2. The first-order chi connectivity index (χ1) is 15.6. The van der Waals surface area contributed by atoms with Crippen LogP contribution in [0.2, 0.25) is 0 Å². The molecule has 3 heterocycles. The van der Waals surface area contributed by atoms with Gasteiger partial charge in [-0.25, -0.2) is 18.2 Å². The van der Waals surface area contributed by atoms with Gasteiger partial charge < -0.3 is 10.5 Å². The second-order valence-electron chi connectivity index (χ2n) is 8.58. The third-order valence-corrected chi connectivity index (χ3v) is 6.36. The number of primary amides is 1. The number of carbonyl (C=O) groups is 1. The Morgan fingerprint density at radius 2 is 1.91 bits per heavy atom. The number of halogens is 3. The number of rotatable bonds is 4. The van der Waals surface area contributed by atoms with E-state index in [4.69, 9.17) is 10.5 Å². The van der Waals surface area contributed by atoms with Gasteiger partial charge in [-0.05, 0) is 56.4 Å². The van der Waals surface area contributed by atoms with Gasteiger partial charge in [0.2, 0.25) is 0 Å². The molecule has 1 aromatic carbocycles. The van der Waals surface area contributed by atoms with Gasteiger partial charge in [-0.1, -0.05) is 13.0 Å². The number of nitrogens with two attached hydrogens (primary N) is 1. The van der Waals surface area contributed by atoms with E-state index in [1.165, 1.54) is 19.3 Å². The highest BCUT2D eigenvalue weighted by Gasteiger charge is 2.43. The maximum atomic E-state index is 16.4. The van der Waals surface area contributed by atoms with Gasteiger partial charge in [-0.3, -0.25) is 9.78 Å². The van der Waals surface area contributed by atoms with E-state index in [1.54, 1.807) is 19.1 Å². The molecule has 3 aromatic rings. The SMILES string of the molecule is Cc1cc(F)c(-c2nc(C(N)=O)c(-c3cccnc3)c(C3(C)OCCCC3C)c2F)c(F)c1. The summed E-state index contributed by atoms with van der Waals surface area (Å²) >= 11 is 0. The molecular formula is C25H24F3N3O2. The zero-order valence-electron chi connectivity index (χ0n) is 18.6. The van der Waals surface area contributed by atoms with E-state index >= 15 is 4.39 Å². The number of hydrogen-bond acceptors (Lipinski definition) is 4. The Kier molecular flexibility index (Phi) is 5.97. The van der Waals surface area contributed by atoms with E-state index in [-0.39, 0.29) is 22.7 Å². The minimum absolute atomic E-state index is 0.0131. The van der Waals surface area contributed by atoms with Crippen LogP contribution in [0, 0.1) is 30.3 Å². The molecule has 1 aliphatic rings. The van der Waals surface area contributed by atoms with Crippen molar-refractivity contribution in [3.8, 4) is 22.4 Å². The Labute approximate surface area is 189 Å². The Hall–Kier alpha value is -3.26. The molecule has 5 nitrogen and oxygen atoms in total. The van der Waals surface area contributed by atoms with Crippen LogP contribution in [0.4, 0.5) is 13.2 Å². The third-order valence-electron chi connectivity index (χ3n) is 6.36. The maximum Gasteiger partial charge on any atom is 0.267 e. The molecule has 0 radical (unpaired) electrons. The van der Waals surface area contributed by atoms with Gasteiger partial charge in [0.05, 0.1) is 11.2 Å². The first-order valence-electron chi connectivity index (χ1n) is 10.7. The quantitative estimate of drug-likeness (QED) is 0.579. The lowest BCUT2D eigenvalue weighted by molar-refractivity contribution is -0.108. The largest absolute Gasteiger partial charge is 0.370 e. The summed E-state index contributed by atoms with van der Waals surface area (Å²) in [5, 5.41) is 0. The molecule has 0 spiro atoms. The van der Waals surface area contributed by atoms with E-state index in [0.29, 0.717) is 17.7 Å². The van der Waals surface area contributed by atoms with Gasteiger partial charge in [-0.15, -0.1) is 0 Å². The van der Waals surface area contributed by atoms with Gasteiger partial charge in [0.1, 0.15) is 23.0 Å². The molecule has 0 bridgehead atoms. The molecular weight excluding hydrogens is 431 g/mol. The van der Waals surface area contributed by atoms with E-state index in [1.807, 2.05) is 6.92 Å². The Morgan fingerprint density at radius 3 is 2.48 bits per heavy atom. The predicted molar refractivity (Wildman–Crippen MR) is 118 cm³/mol. The zero-order chi connectivity index (χ0) is 23.9. The van der Waals surface area contributed by atoms with Gasteiger partial charge in [0.25, 0.3) is 5.91 Å². The number of pyridine rings is 2.